The van der Waals surface area contributed by atoms with Crippen molar-refractivity contribution in [1.82, 2.24) is 29.4 Å². The Morgan fingerprint density at radius 3 is 0.718 bits per heavy atom. The number of hydrogen-bond donors (Lipinski definition) is 2. The summed E-state index contributed by atoms with van der Waals surface area (Å²) in [6.45, 7) is 77.0. The van der Waals surface area contributed by atoms with Gasteiger partial charge in [-0.25, -0.2) is 0 Å². The van der Waals surface area contributed by atoms with E-state index in [1.54, 1.807) is 0 Å². The lowest BCUT2D eigenvalue weighted by atomic mass is 9.82. The maximum absolute atomic E-state index is 12.0. The molecule has 0 bridgehead atoms. The van der Waals surface area contributed by atoms with Crippen LogP contribution in [0.1, 0.15) is 316 Å². The number of unbranched alkanes of at least 4 members (excludes halogenated alkanes) is 6. The van der Waals surface area contributed by atoms with Gasteiger partial charge >= 0.3 is 0 Å². The van der Waals surface area contributed by atoms with Crippen LogP contribution in [0.2, 0.25) is 0 Å². The van der Waals surface area contributed by atoms with Crippen molar-refractivity contribution in [2.24, 2.45) is 0 Å². The van der Waals surface area contributed by atoms with Gasteiger partial charge in [-0.3, -0.25) is 28.8 Å². The SMILES string of the molecule is CCCN(C)CCCCN(C)c1c(C(C)(C)C)c(=S)c1=O.CCCN(CC)CCCCNc1c(C(C)(C)C)c(=S)c1=O.CCCN(CCC)CCCCNc1c(C(C)(C)C)c(=S)c1=O.CCN(C)CCCCN(C)c1c(C(C)(C)C)c(=S)c1=O.CCN(CC)CCCCN(C)c1c(C(C)(C)C)c(=S)c1=O.CN(C)CCCCN(C)c1c(C(C)(C)C)c(=S)c1=O. The van der Waals surface area contributed by atoms with Gasteiger partial charge in [0, 0.05) is 101 Å². The van der Waals surface area contributed by atoms with Crippen LogP contribution in [-0.4, -0.2) is 217 Å². The van der Waals surface area contributed by atoms with E-state index in [-0.39, 0.29) is 65.1 Å². The lowest BCUT2D eigenvalue weighted by molar-refractivity contribution is 0.270. The number of hydrogen-bond acceptors (Lipinski definition) is 24. The standard InChI is InChI=1S/C18H32N2OS.3C17H30N2OS.C16H28N2OS.C15H26N2OS/c1-6-11-20(12-7-2)13-9-8-10-19-15-14(18(3,4)5)17(22)16(15)21;1-7-10-18(5)11-8-9-12-19(6)14-13(17(2,3)4)16(21)15(14)20;1-7-19(8-2)12-10-9-11-18(6)14-13(17(3,4)5)16(21)15(14)20;1-6-11-19(7-2)12-9-8-10-18-14-13(17(3,4)5)16(21)15(14)20;1-7-17(5)10-8-9-11-18(6)13-12(16(2,3)4)15(20)14(13)19;1-15(2,3)11-12(13(18)14(11)19)17(6)10-8-7-9-16(4)5/h19H,6-13H2,1-5H3;2*7-12H2,1-6H3;18H,6-12H2,1-5H3;7-11H2,1-6H3;7-10H2,1-6H3. The van der Waals surface area contributed by atoms with Gasteiger partial charge in [0.2, 0.25) is 32.6 Å². The lowest BCUT2D eigenvalue weighted by Crippen LogP contribution is -2.35. The second kappa shape index (κ2) is 55.7. The second-order valence-corrected chi connectivity index (χ2v) is 43.4. The maximum atomic E-state index is 12.0. The molecule has 6 rings (SSSR count). The molecule has 0 atom stereocenters. The highest BCUT2D eigenvalue weighted by Crippen LogP contribution is 2.38. The molecule has 0 aliphatic rings. The molecule has 124 heavy (non-hydrogen) atoms. The Bertz CT molecular complexity index is 4560. The Balaban J connectivity index is 0.000000744. The maximum Gasteiger partial charge on any atom is 0.220 e. The third-order valence-electron chi connectivity index (χ3n) is 23.0. The van der Waals surface area contributed by atoms with Gasteiger partial charge in [0.1, 0.15) is 0 Å². The van der Waals surface area contributed by atoms with Crippen LogP contribution in [-0.2, 0) is 32.5 Å². The molecule has 708 valence electrons. The van der Waals surface area contributed by atoms with Crippen LogP contribution in [0.4, 0.5) is 34.1 Å². The molecular formula is C100H176N12O6S6. The van der Waals surface area contributed by atoms with Crippen molar-refractivity contribution in [3.63, 3.8) is 0 Å². The zero-order valence-electron chi connectivity index (χ0n) is 84.8. The quantitative estimate of drug-likeness (QED) is 0.0274. The van der Waals surface area contributed by atoms with Crippen LogP contribution in [0.5, 0.6) is 0 Å². The van der Waals surface area contributed by atoms with Gasteiger partial charge in [-0.05, 0) is 255 Å². The van der Waals surface area contributed by atoms with E-state index in [2.05, 4.69) is 268 Å². The first-order valence-corrected chi connectivity index (χ1v) is 49.4. The van der Waals surface area contributed by atoms with E-state index in [0.717, 1.165) is 243 Å². The van der Waals surface area contributed by atoms with Crippen molar-refractivity contribution >= 4 is 107 Å². The summed E-state index contributed by atoms with van der Waals surface area (Å²) in [5, 5.41) is 6.62. The minimum Gasteiger partial charge on any atom is -0.382 e. The van der Waals surface area contributed by atoms with Crippen molar-refractivity contribution in [1.29, 1.82) is 0 Å². The smallest absolute Gasteiger partial charge is 0.220 e. The average Bonchev–Trinajstić information content (AvgIpc) is 0.791. The van der Waals surface area contributed by atoms with Gasteiger partial charge in [0.05, 0.1) is 61.2 Å². The molecule has 6 aromatic carbocycles. The highest BCUT2D eigenvalue weighted by molar-refractivity contribution is 7.72. The van der Waals surface area contributed by atoms with Gasteiger partial charge in [-0.1, -0.05) is 253 Å². The van der Waals surface area contributed by atoms with Crippen LogP contribution >= 0.6 is 73.3 Å². The van der Waals surface area contributed by atoms with Gasteiger partial charge in [-0.2, -0.15) is 0 Å². The molecule has 0 fully saturated rings. The molecule has 0 heterocycles. The van der Waals surface area contributed by atoms with Crippen molar-refractivity contribution in [2.75, 3.05) is 218 Å². The number of anilines is 6. The molecule has 0 saturated heterocycles. The molecule has 0 saturated carbocycles. The molecule has 0 aliphatic carbocycles. The van der Waals surface area contributed by atoms with E-state index in [1.807, 2.05) is 28.2 Å². The van der Waals surface area contributed by atoms with Gasteiger partial charge in [0.25, 0.3) is 0 Å². The monoisotopic (exact) mass is 1830 g/mol. The largest absolute Gasteiger partial charge is 0.382 e. The van der Waals surface area contributed by atoms with Crippen molar-refractivity contribution in [3.8, 4) is 0 Å². The fourth-order valence-electron chi connectivity index (χ4n) is 15.9. The molecule has 0 unspecified atom stereocenters. The molecule has 0 aliphatic heterocycles. The van der Waals surface area contributed by atoms with Crippen LogP contribution in [0.25, 0.3) is 0 Å². The van der Waals surface area contributed by atoms with E-state index in [4.69, 9.17) is 73.3 Å². The first kappa shape index (κ1) is 118. The molecule has 0 radical (unpaired) electrons. The Morgan fingerprint density at radius 2 is 0.460 bits per heavy atom. The minimum atomic E-state index is -0.0492. The molecular weight excluding hydrogens is 1660 g/mol. The van der Waals surface area contributed by atoms with E-state index in [9.17, 15) is 28.8 Å². The van der Waals surface area contributed by atoms with Crippen molar-refractivity contribution in [2.45, 2.75) is 315 Å². The average molecular weight is 1830 g/mol. The summed E-state index contributed by atoms with van der Waals surface area (Å²) in [7, 11) is 16.5. The van der Waals surface area contributed by atoms with E-state index in [1.165, 1.54) is 58.2 Å². The lowest BCUT2D eigenvalue weighted by Gasteiger charge is -2.31. The molecule has 6 aromatic rings. The summed E-state index contributed by atoms with van der Waals surface area (Å²) in [6, 6.07) is 0. The zero-order valence-corrected chi connectivity index (χ0v) is 89.7. The van der Waals surface area contributed by atoms with Crippen molar-refractivity contribution < 1.29 is 0 Å². The summed E-state index contributed by atoms with van der Waals surface area (Å²) >= 11 is 31.3. The fourth-order valence-corrected chi connectivity index (χ4v) is 19.0. The zero-order chi connectivity index (χ0) is 95.5. The number of nitrogens with zero attached hydrogens (tertiary/aromatic N) is 10. The van der Waals surface area contributed by atoms with Gasteiger partial charge < -0.3 is 59.6 Å². The van der Waals surface area contributed by atoms with Crippen molar-refractivity contribution in [3.05, 3.63) is 122 Å². The second-order valence-electron chi connectivity index (χ2n) is 40.9. The Labute approximate surface area is 785 Å². The highest BCUT2D eigenvalue weighted by Gasteiger charge is 2.35. The summed E-state index contributed by atoms with van der Waals surface area (Å²) in [5.74, 6) is 0. The molecule has 2 N–H and O–H groups in total. The van der Waals surface area contributed by atoms with Crippen LogP contribution in [0.3, 0.4) is 0 Å². The first-order chi connectivity index (χ1) is 57.4. The molecule has 24 heteroatoms. The molecule has 18 nitrogen and oxygen atoms in total. The van der Waals surface area contributed by atoms with E-state index in [0.29, 0.717) is 27.1 Å². The van der Waals surface area contributed by atoms with E-state index >= 15 is 0 Å². The fraction of sp³-hybridized carbons (Fsp3) is 0.760. The summed E-state index contributed by atoms with van der Waals surface area (Å²) < 4.78 is 3.17. The molecule has 0 spiro atoms. The Hall–Kier alpha value is -4.44. The third kappa shape index (κ3) is 37.1. The Kier molecular flexibility index (Phi) is 52.8. The summed E-state index contributed by atoms with van der Waals surface area (Å²) in [4.78, 5) is 94.4. The molecule has 0 aromatic heterocycles. The predicted molar refractivity (Wildman–Crippen MR) is 560 cm³/mol. The third-order valence-corrected chi connectivity index (χ3v) is 25.4. The van der Waals surface area contributed by atoms with Crippen LogP contribution in [0, 0.1) is 27.1 Å². The highest BCUT2D eigenvalue weighted by atomic mass is 32.1. The van der Waals surface area contributed by atoms with E-state index < -0.39 is 0 Å². The normalized spacial score (nSPS) is 12.3. The summed E-state index contributed by atoms with van der Waals surface area (Å²) in [5.41, 5.74) is 11.2. The van der Waals surface area contributed by atoms with Crippen LogP contribution < -0.4 is 62.8 Å². The van der Waals surface area contributed by atoms with Gasteiger partial charge in [0.15, 0.2) is 0 Å². The minimum absolute atomic E-state index is 0.0242. The number of nitrogens with one attached hydrogen (secondary N) is 2. The topological polar surface area (TPSA) is 159 Å². The first-order valence-electron chi connectivity index (χ1n) is 47.0. The van der Waals surface area contributed by atoms with Gasteiger partial charge in [-0.15, -0.1) is 0 Å². The summed E-state index contributed by atoms with van der Waals surface area (Å²) in [6.07, 6.45) is 18.4. The molecule has 0 amide bonds. The van der Waals surface area contributed by atoms with Crippen LogP contribution in [0.15, 0.2) is 28.8 Å². The number of rotatable bonds is 48. The predicted octanol–water partition coefficient (Wildman–Crippen LogP) is 21.0. The Morgan fingerprint density at radius 1 is 0.234 bits per heavy atom.